The van der Waals surface area contributed by atoms with Gasteiger partial charge in [-0.25, -0.2) is 14.6 Å². The molecule has 0 amide bonds. The van der Waals surface area contributed by atoms with Gasteiger partial charge in [0.05, 0.1) is 35.9 Å². The van der Waals surface area contributed by atoms with Crippen molar-refractivity contribution in [2.24, 2.45) is 5.92 Å². The largest absolute Gasteiger partial charge is 0.395 e. The minimum absolute atomic E-state index is 0.0229. The number of benzene rings is 1. The SMILES string of the molecule is CC(C)Cn1nc(CO)cc1Nc1nccc(-c2cc(C#N)c3c(c2)[C@@](C)(CO)CN3)n1. The number of rotatable bonds is 7. The lowest BCUT2D eigenvalue weighted by atomic mass is 9.83. The Morgan fingerprint density at radius 3 is 2.81 bits per heavy atom. The second-order valence-corrected chi connectivity index (χ2v) is 8.78. The minimum Gasteiger partial charge on any atom is -0.395 e. The average molecular weight is 434 g/mol. The predicted molar refractivity (Wildman–Crippen MR) is 121 cm³/mol. The zero-order valence-electron chi connectivity index (χ0n) is 18.4. The van der Waals surface area contributed by atoms with Crippen molar-refractivity contribution in [3.8, 4) is 17.3 Å². The molecule has 1 aliphatic rings. The van der Waals surface area contributed by atoms with Crippen LogP contribution in [0.25, 0.3) is 11.3 Å². The zero-order valence-corrected chi connectivity index (χ0v) is 18.4. The number of aromatic nitrogens is 4. The molecule has 9 nitrogen and oxygen atoms in total. The van der Waals surface area contributed by atoms with Crippen LogP contribution in [0.1, 0.15) is 37.6 Å². The standard InChI is InChI=1S/C23H27N7O2/c1-14(2)10-30-20(8-17(11-31)29-30)28-22-25-5-4-19(27-22)15-6-16(9-24)21-18(7-15)23(3,13-32)12-26-21/h4-8,14,26,31-32H,10-13H2,1-3H3,(H,25,27,28)/t23-/m1/s1. The van der Waals surface area contributed by atoms with E-state index in [4.69, 9.17) is 0 Å². The van der Waals surface area contributed by atoms with Gasteiger partial charge in [0.15, 0.2) is 0 Å². The number of aliphatic hydroxyl groups excluding tert-OH is 2. The van der Waals surface area contributed by atoms with Crippen molar-refractivity contribution in [1.29, 1.82) is 5.26 Å². The lowest BCUT2D eigenvalue weighted by Gasteiger charge is -2.21. The van der Waals surface area contributed by atoms with Crippen LogP contribution in [0.4, 0.5) is 17.5 Å². The maximum Gasteiger partial charge on any atom is 0.228 e. The molecule has 0 unspecified atom stereocenters. The molecular formula is C23H27N7O2. The number of hydrogen-bond donors (Lipinski definition) is 4. The Labute approximate surface area is 186 Å². The van der Waals surface area contributed by atoms with Crippen LogP contribution in [0.15, 0.2) is 30.5 Å². The molecule has 32 heavy (non-hydrogen) atoms. The van der Waals surface area contributed by atoms with E-state index in [2.05, 4.69) is 45.6 Å². The first-order valence-corrected chi connectivity index (χ1v) is 10.6. The lowest BCUT2D eigenvalue weighted by Crippen LogP contribution is -2.28. The predicted octanol–water partition coefficient (Wildman–Crippen LogP) is 2.78. The number of anilines is 3. The Bertz CT molecular complexity index is 1180. The van der Waals surface area contributed by atoms with Crippen LogP contribution >= 0.6 is 0 Å². The van der Waals surface area contributed by atoms with Gasteiger partial charge in [-0.05, 0) is 29.7 Å². The van der Waals surface area contributed by atoms with Gasteiger partial charge in [0, 0.05) is 36.3 Å². The second-order valence-electron chi connectivity index (χ2n) is 8.78. The normalized spacial score (nSPS) is 17.2. The zero-order chi connectivity index (χ0) is 22.9. The van der Waals surface area contributed by atoms with Crippen LogP contribution in [0.2, 0.25) is 0 Å². The summed E-state index contributed by atoms with van der Waals surface area (Å²) in [4.78, 5) is 8.98. The smallest absolute Gasteiger partial charge is 0.228 e. The van der Waals surface area contributed by atoms with Crippen molar-refractivity contribution in [3.63, 3.8) is 0 Å². The van der Waals surface area contributed by atoms with Crippen molar-refractivity contribution < 1.29 is 10.2 Å². The summed E-state index contributed by atoms with van der Waals surface area (Å²) in [5.41, 5.74) is 3.74. The third kappa shape index (κ3) is 4.02. The van der Waals surface area contributed by atoms with Crippen LogP contribution < -0.4 is 10.6 Å². The molecule has 0 saturated carbocycles. The molecule has 1 aliphatic heterocycles. The summed E-state index contributed by atoms with van der Waals surface area (Å²) < 4.78 is 1.80. The van der Waals surface area contributed by atoms with Crippen molar-refractivity contribution in [2.45, 2.75) is 39.3 Å². The third-order valence-electron chi connectivity index (χ3n) is 5.64. The highest BCUT2D eigenvalue weighted by molar-refractivity contribution is 5.76. The topological polar surface area (TPSA) is 132 Å². The number of fused-ring (bicyclic) bond motifs is 1. The molecule has 2 aromatic heterocycles. The van der Waals surface area contributed by atoms with Crippen molar-refractivity contribution in [2.75, 3.05) is 23.8 Å². The number of nitriles is 1. The summed E-state index contributed by atoms with van der Waals surface area (Å²) in [6, 6.07) is 9.59. The molecule has 0 bridgehead atoms. The van der Waals surface area contributed by atoms with E-state index in [1.165, 1.54) is 0 Å². The molecule has 1 atom stereocenters. The van der Waals surface area contributed by atoms with E-state index in [1.54, 1.807) is 29.1 Å². The highest BCUT2D eigenvalue weighted by atomic mass is 16.3. The second kappa shape index (κ2) is 8.57. The summed E-state index contributed by atoms with van der Waals surface area (Å²) in [6.07, 6.45) is 1.66. The quantitative estimate of drug-likeness (QED) is 0.447. The Balaban J connectivity index is 1.70. The average Bonchev–Trinajstić information content (AvgIpc) is 3.34. The van der Waals surface area contributed by atoms with Crippen molar-refractivity contribution in [1.82, 2.24) is 19.7 Å². The van der Waals surface area contributed by atoms with E-state index in [1.807, 2.05) is 13.0 Å². The molecule has 166 valence electrons. The molecule has 1 aromatic carbocycles. The van der Waals surface area contributed by atoms with Gasteiger partial charge in [-0.1, -0.05) is 20.8 Å². The lowest BCUT2D eigenvalue weighted by molar-refractivity contribution is 0.219. The van der Waals surface area contributed by atoms with Crippen LogP contribution in [0.5, 0.6) is 0 Å². The molecule has 3 heterocycles. The van der Waals surface area contributed by atoms with E-state index >= 15 is 0 Å². The highest BCUT2D eigenvalue weighted by Gasteiger charge is 2.36. The maximum absolute atomic E-state index is 9.93. The molecule has 4 rings (SSSR count). The fourth-order valence-electron chi connectivity index (χ4n) is 3.89. The molecule has 0 saturated heterocycles. The first kappa shape index (κ1) is 21.7. The Hall–Kier alpha value is -3.48. The van der Waals surface area contributed by atoms with Gasteiger partial charge in [0.1, 0.15) is 11.9 Å². The molecule has 0 spiro atoms. The van der Waals surface area contributed by atoms with Gasteiger partial charge in [-0.3, -0.25) is 0 Å². The molecule has 0 aliphatic carbocycles. The maximum atomic E-state index is 9.93. The first-order chi connectivity index (χ1) is 15.4. The van der Waals surface area contributed by atoms with Gasteiger partial charge >= 0.3 is 0 Å². The molecule has 0 radical (unpaired) electrons. The number of nitrogens with one attached hydrogen (secondary N) is 2. The van der Waals surface area contributed by atoms with E-state index < -0.39 is 5.41 Å². The highest BCUT2D eigenvalue weighted by Crippen LogP contribution is 2.41. The Morgan fingerprint density at radius 1 is 1.31 bits per heavy atom. The Morgan fingerprint density at radius 2 is 2.12 bits per heavy atom. The fourth-order valence-corrected chi connectivity index (χ4v) is 3.89. The minimum atomic E-state index is -0.463. The third-order valence-corrected chi connectivity index (χ3v) is 5.64. The van der Waals surface area contributed by atoms with Gasteiger partial charge in [0.2, 0.25) is 5.95 Å². The van der Waals surface area contributed by atoms with Crippen LogP contribution in [-0.2, 0) is 18.6 Å². The van der Waals surface area contributed by atoms with Crippen molar-refractivity contribution in [3.05, 3.63) is 47.3 Å². The molecular weight excluding hydrogens is 406 g/mol. The number of hydrogen-bond acceptors (Lipinski definition) is 8. The summed E-state index contributed by atoms with van der Waals surface area (Å²) in [6.45, 7) is 7.24. The molecule has 3 aromatic rings. The summed E-state index contributed by atoms with van der Waals surface area (Å²) in [5, 5.41) is 39.9. The Kier molecular flexibility index (Phi) is 5.82. The van der Waals surface area contributed by atoms with E-state index in [0.29, 0.717) is 47.7 Å². The molecule has 4 N–H and O–H groups in total. The van der Waals surface area contributed by atoms with Crippen molar-refractivity contribution >= 4 is 17.5 Å². The fraction of sp³-hybridized carbons (Fsp3) is 0.391. The van der Waals surface area contributed by atoms with E-state index in [-0.39, 0.29) is 13.2 Å². The van der Waals surface area contributed by atoms with Gasteiger partial charge in [-0.15, -0.1) is 0 Å². The number of nitrogens with zero attached hydrogens (tertiary/aromatic N) is 5. The van der Waals surface area contributed by atoms with Gasteiger partial charge in [-0.2, -0.15) is 10.4 Å². The van der Waals surface area contributed by atoms with Crippen LogP contribution in [0.3, 0.4) is 0 Å². The van der Waals surface area contributed by atoms with E-state index in [9.17, 15) is 15.5 Å². The molecule has 9 heteroatoms. The van der Waals surface area contributed by atoms with E-state index in [0.717, 1.165) is 16.8 Å². The summed E-state index contributed by atoms with van der Waals surface area (Å²) in [7, 11) is 0. The summed E-state index contributed by atoms with van der Waals surface area (Å²) >= 11 is 0. The monoisotopic (exact) mass is 433 g/mol. The van der Waals surface area contributed by atoms with Gasteiger partial charge < -0.3 is 20.8 Å². The van der Waals surface area contributed by atoms with Gasteiger partial charge in [0.25, 0.3) is 0 Å². The summed E-state index contributed by atoms with van der Waals surface area (Å²) in [5.74, 6) is 1.46. The molecule has 0 fully saturated rings. The first-order valence-electron chi connectivity index (χ1n) is 10.6. The number of aliphatic hydroxyl groups is 2. The van der Waals surface area contributed by atoms with Crippen LogP contribution in [-0.4, -0.2) is 43.1 Å². The van der Waals surface area contributed by atoms with Crippen LogP contribution in [0, 0.1) is 17.2 Å².